The number of carbonyl (C=O) groups is 1. The minimum Gasteiger partial charge on any atom is -0.494 e. The Morgan fingerprint density at radius 2 is 2.08 bits per heavy atom. The number of ether oxygens (including phenoxy) is 1. The number of benzene rings is 1. The maximum Gasteiger partial charge on any atom is 0.316 e. The van der Waals surface area contributed by atoms with E-state index in [9.17, 15) is 13.2 Å². The van der Waals surface area contributed by atoms with Crippen molar-refractivity contribution in [2.45, 2.75) is 45.6 Å². The molecule has 0 bridgehead atoms. The van der Waals surface area contributed by atoms with Gasteiger partial charge in [-0.2, -0.15) is 8.42 Å². The molecular formula is C17H25N3O4S2. The molecule has 0 aromatic heterocycles. The first-order valence-electron chi connectivity index (χ1n) is 8.39. The SMILES string of the molecule is CCCC(CC)N(C(=O)Cc1ccc(OC)c(N=S(=O)=O)c1)C(=S)NC. The van der Waals surface area contributed by atoms with Crippen molar-refractivity contribution in [3.63, 3.8) is 0 Å². The van der Waals surface area contributed by atoms with Gasteiger partial charge in [0.15, 0.2) is 5.11 Å². The van der Waals surface area contributed by atoms with Gasteiger partial charge in [-0.3, -0.25) is 9.69 Å². The van der Waals surface area contributed by atoms with Crippen LogP contribution in [-0.4, -0.2) is 44.5 Å². The third kappa shape index (κ3) is 6.06. The average Bonchev–Trinajstić information content (AvgIpc) is 2.60. The Bertz CT molecular complexity index is 770. The van der Waals surface area contributed by atoms with E-state index in [1.807, 2.05) is 6.92 Å². The van der Waals surface area contributed by atoms with E-state index in [2.05, 4.69) is 16.6 Å². The number of nitrogens with zero attached hydrogens (tertiary/aromatic N) is 2. The minimum absolute atomic E-state index is 0.0176. The van der Waals surface area contributed by atoms with Crippen LogP contribution in [0.2, 0.25) is 0 Å². The van der Waals surface area contributed by atoms with E-state index in [1.54, 1.807) is 24.1 Å². The number of hydrogen-bond donors (Lipinski definition) is 1. The number of methoxy groups -OCH3 is 1. The van der Waals surface area contributed by atoms with Crippen molar-refractivity contribution in [1.29, 1.82) is 0 Å². The summed E-state index contributed by atoms with van der Waals surface area (Å²) >= 11 is 5.32. The summed E-state index contributed by atoms with van der Waals surface area (Å²) in [6.45, 7) is 4.08. The second-order valence-corrected chi connectivity index (χ2v) is 6.66. The highest BCUT2D eigenvalue weighted by atomic mass is 32.2. The summed E-state index contributed by atoms with van der Waals surface area (Å²) in [6, 6.07) is 4.86. The van der Waals surface area contributed by atoms with Gasteiger partial charge in [-0.05, 0) is 42.8 Å². The molecule has 7 nitrogen and oxygen atoms in total. The summed E-state index contributed by atoms with van der Waals surface area (Å²) in [6.07, 6.45) is 2.66. The first kappa shape index (κ1) is 22.0. The van der Waals surface area contributed by atoms with Crippen LogP contribution in [0.4, 0.5) is 5.69 Å². The van der Waals surface area contributed by atoms with Crippen LogP contribution in [0.25, 0.3) is 0 Å². The zero-order valence-electron chi connectivity index (χ0n) is 15.5. The predicted molar refractivity (Wildman–Crippen MR) is 105 cm³/mol. The van der Waals surface area contributed by atoms with Gasteiger partial charge >= 0.3 is 10.5 Å². The van der Waals surface area contributed by atoms with E-state index in [0.717, 1.165) is 19.3 Å². The number of thiocarbonyl (C=S) groups is 1. The molecule has 1 rings (SSSR count). The highest BCUT2D eigenvalue weighted by molar-refractivity contribution is 7.80. The highest BCUT2D eigenvalue weighted by Gasteiger charge is 2.25. The molecule has 0 fully saturated rings. The van der Waals surface area contributed by atoms with Crippen molar-refractivity contribution in [3.05, 3.63) is 23.8 Å². The van der Waals surface area contributed by atoms with Gasteiger partial charge in [0.2, 0.25) is 5.91 Å². The molecular weight excluding hydrogens is 374 g/mol. The normalized spacial score (nSPS) is 11.4. The van der Waals surface area contributed by atoms with E-state index in [4.69, 9.17) is 17.0 Å². The number of rotatable bonds is 8. The van der Waals surface area contributed by atoms with E-state index in [-0.39, 0.29) is 24.1 Å². The van der Waals surface area contributed by atoms with Gasteiger partial charge in [0, 0.05) is 13.1 Å². The van der Waals surface area contributed by atoms with Crippen LogP contribution in [-0.2, 0) is 21.7 Å². The topological polar surface area (TPSA) is 88.1 Å². The lowest BCUT2D eigenvalue weighted by atomic mass is 10.1. The Labute approximate surface area is 161 Å². The van der Waals surface area contributed by atoms with Gasteiger partial charge < -0.3 is 10.1 Å². The monoisotopic (exact) mass is 399 g/mol. The molecule has 0 radical (unpaired) electrons. The standard InChI is InChI=1S/C17H25N3O4S2/c1-5-7-13(6-2)20(17(25)18-3)16(21)11-12-8-9-15(24-4)14(10-12)19-26(22)23/h8-10,13H,5-7,11H2,1-4H3,(H,18,25). The fourth-order valence-corrected chi connectivity index (χ4v) is 3.26. The fourth-order valence-electron chi connectivity index (χ4n) is 2.71. The molecule has 1 amide bonds. The lowest BCUT2D eigenvalue weighted by Gasteiger charge is -2.31. The third-order valence-corrected chi connectivity index (χ3v) is 4.68. The van der Waals surface area contributed by atoms with Crippen LogP contribution < -0.4 is 10.1 Å². The second kappa shape index (κ2) is 10.9. The van der Waals surface area contributed by atoms with Crippen LogP contribution in [0.15, 0.2) is 22.6 Å². The summed E-state index contributed by atoms with van der Waals surface area (Å²) in [5, 5.41) is 3.26. The maximum absolute atomic E-state index is 12.9. The molecule has 0 heterocycles. The van der Waals surface area contributed by atoms with E-state index >= 15 is 0 Å². The Hall–Kier alpha value is -2.00. The van der Waals surface area contributed by atoms with Crippen LogP contribution in [0.5, 0.6) is 5.75 Å². The molecule has 0 aliphatic rings. The summed E-state index contributed by atoms with van der Waals surface area (Å²) in [7, 11) is 0.507. The van der Waals surface area contributed by atoms with Crippen LogP contribution in [0.3, 0.4) is 0 Å². The zero-order chi connectivity index (χ0) is 19.7. The molecule has 0 aliphatic carbocycles. The lowest BCUT2D eigenvalue weighted by Crippen LogP contribution is -2.49. The van der Waals surface area contributed by atoms with Gasteiger partial charge in [0.05, 0.1) is 13.5 Å². The van der Waals surface area contributed by atoms with Crippen LogP contribution in [0.1, 0.15) is 38.7 Å². The molecule has 1 atom stereocenters. The lowest BCUT2D eigenvalue weighted by molar-refractivity contribution is -0.128. The van der Waals surface area contributed by atoms with Crippen LogP contribution in [0, 0.1) is 0 Å². The molecule has 0 saturated carbocycles. The fraction of sp³-hybridized carbons (Fsp3) is 0.529. The summed E-state index contributed by atoms with van der Waals surface area (Å²) in [4.78, 5) is 14.5. The highest BCUT2D eigenvalue weighted by Crippen LogP contribution is 2.29. The van der Waals surface area contributed by atoms with E-state index in [1.165, 1.54) is 13.2 Å². The van der Waals surface area contributed by atoms with Gasteiger partial charge in [-0.25, -0.2) is 0 Å². The number of carbonyl (C=O) groups excluding carboxylic acids is 1. The van der Waals surface area contributed by atoms with Crippen molar-refractivity contribution in [1.82, 2.24) is 10.2 Å². The molecule has 1 aromatic carbocycles. The molecule has 0 saturated heterocycles. The van der Waals surface area contributed by atoms with Crippen molar-refractivity contribution < 1.29 is 17.9 Å². The molecule has 9 heteroatoms. The Morgan fingerprint density at radius 3 is 2.58 bits per heavy atom. The largest absolute Gasteiger partial charge is 0.494 e. The smallest absolute Gasteiger partial charge is 0.316 e. The van der Waals surface area contributed by atoms with Crippen molar-refractivity contribution in [2.24, 2.45) is 4.36 Å². The Morgan fingerprint density at radius 1 is 1.38 bits per heavy atom. The molecule has 1 aromatic rings. The summed E-state index contributed by atoms with van der Waals surface area (Å²) in [5.41, 5.74) is 0.796. The van der Waals surface area contributed by atoms with E-state index < -0.39 is 10.5 Å². The first-order valence-corrected chi connectivity index (χ1v) is 9.83. The van der Waals surface area contributed by atoms with Gasteiger partial charge in [-0.15, -0.1) is 4.36 Å². The van der Waals surface area contributed by atoms with Gasteiger partial charge in [0.25, 0.3) is 0 Å². The Kier molecular flexibility index (Phi) is 9.22. The number of hydrogen-bond acceptors (Lipinski definition) is 6. The van der Waals surface area contributed by atoms with Crippen molar-refractivity contribution >= 4 is 39.4 Å². The Balaban J connectivity index is 3.16. The number of amides is 1. The molecule has 0 spiro atoms. The average molecular weight is 400 g/mol. The zero-order valence-corrected chi connectivity index (χ0v) is 17.1. The summed E-state index contributed by atoms with van der Waals surface area (Å²) in [5.74, 6) is 0.175. The van der Waals surface area contributed by atoms with Crippen molar-refractivity contribution in [3.8, 4) is 5.75 Å². The molecule has 26 heavy (non-hydrogen) atoms. The predicted octanol–water partition coefficient (Wildman–Crippen LogP) is 2.84. The van der Waals surface area contributed by atoms with E-state index in [0.29, 0.717) is 16.4 Å². The van der Waals surface area contributed by atoms with Gasteiger partial charge in [-0.1, -0.05) is 26.3 Å². The third-order valence-electron chi connectivity index (χ3n) is 3.93. The summed E-state index contributed by atoms with van der Waals surface area (Å²) < 4.78 is 30.4. The maximum atomic E-state index is 12.9. The quantitative estimate of drug-likeness (QED) is 0.676. The molecule has 0 aliphatic heterocycles. The van der Waals surface area contributed by atoms with Crippen molar-refractivity contribution in [2.75, 3.05) is 14.2 Å². The minimum atomic E-state index is -2.61. The molecule has 1 N–H and O–H groups in total. The molecule has 144 valence electrons. The van der Waals surface area contributed by atoms with Gasteiger partial charge in [0.1, 0.15) is 11.4 Å². The first-order chi connectivity index (χ1) is 12.4. The second-order valence-electron chi connectivity index (χ2n) is 5.66. The molecule has 1 unspecified atom stereocenters. The van der Waals surface area contributed by atoms with Crippen LogP contribution >= 0.6 is 12.2 Å². The number of nitrogens with one attached hydrogen (secondary N) is 1.